The Morgan fingerprint density at radius 2 is 1.96 bits per heavy atom. The summed E-state index contributed by atoms with van der Waals surface area (Å²) in [6, 6.07) is 13.9. The molecule has 0 saturated heterocycles. The molecule has 0 aliphatic carbocycles. The summed E-state index contributed by atoms with van der Waals surface area (Å²) >= 11 is 13.7. The molecule has 0 spiro atoms. The second-order valence-corrected chi connectivity index (χ2v) is 7.37. The van der Waals surface area contributed by atoms with Crippen molar-refractivity contribution >= 4 is 35.0 Å². The normalized spacial score (nSPS) is 10.8. The smallest absolute Gasteiger partial charge is 0.192 e. The molecular formula is C19H17Cl2N3S. The first kappa shape index (κ1) is 18.1. The monoisotopic (exact) mass is 389 g/mol. The van der Waals surface area contributed by atoms with Crippen molar-refractivity contribution in [1.29, 1.82) is 0 Å². The van der Waals surface area contributed by atoms with Crippen LogP contribution in [0.2, 0.25) is 10.0 Å². The highest BCUT2D eigenvalue weighted by Crippen LogP contribution is 2.29. The second-order valence-electron chi connectivity index (χ2n) is 5.61. The highest BCUT2D eigenvalue weighted by atomic mass is 35.5. The number of hydrogen-bond acceptors (Lipinski definition) is 3. The molecule has 1 heterocycles. The Morgan fingerprint density at radius 3 is 2.68 bits per heavy atom. The number of rotatable bonds is 6. The Labute approximate surface area is 161 Å². The van der Waals surface area contributed by atoms with E-state index in [-0.39, 0.29) is 0 Å². The van der Waals surface area contributed by atoms with E-state index < -0.39 is 0 Å². The summed E-state index contributed by atoms with van der Waals surface area (Å²) in [6.07, 6.45) is 1.85. The molecule has 2 aromatic carbocycles. The lowest BCUT2D eigenvalue weighted by molar-refractivity contribution is 0.731. The van der Waals surface area contributed by atoms with Gasteiger partial charge in [0.2, 0.25) is 0 Å². The lowest BCUT2D eigenvalue weighted by Gasteiger charge is -2.08. The molecule has 0 N–H and O–H groups in total. The lowest BCUT2D eigenvalue weighted by atomic mass is 10.1. The van der Waals surface area contributed by atoms with E-state index in [1.807, 2.05) is 36.4 Å². The van der Waals surface area contributed by atoms with Crippen molar-refractivity contribution in [3.05, 3.63) is 76.3 Å². The van der Waals surface area contributed by atoms with E-state index in [0.29, 0.717) is 16.6 Å². The van der Waals surface area contributed by atoms with Crippen LogP contribution in [0.3, 0.4) is 0 Å². The quantitative estimate of drug-likeness (QED) is 0.380. The summed E-state index contributed by atoms with van der Waals surface area (Å²) in [5, 5.41) is 10.7. The van der Waals surface area contributed by atoms with Gasteiger partial charge in [-0.2, -0.15) is 0 Å². The summed E-state index contributed by atoms with van der Waals surface area (Å²) in [7, 11) is 0. The fraction of sp³-hybridized carbons (Fsp3) is 0.158. The Hall–Kier alpha value is -1.75. The Bertz CT molecular complexity index is 905. The third-order valence-corrected chi connectivity index (χ3v) is 5.43. The maximum absolute atomic E-state index is 6.09. The predicted octanol–water partition coefficient (Wildman–Crippen LogP) is 6.04. The summed E-state index contributed by atoms with van der Waals surface area (Å²) in [5.74, 6) is 1.58. The van der Waals surface area contributed by atoms with Crippen LogP contribution in [0.15, 0.2) is 60.3 Å². The van der Waals surface area contributed by atoms with Gasteiger partial charge in [0.05, 0.1) is 10.0 Å². The minimum Gasteiger partial charge on any atom is -0.298 e. The molecule has 0 aliphatic heterocycles. The molecule has 128 valence electrons. The van der Waals surface area contributed by atoms with Crippen molar-refractivity contribution in [2.45, 2.75) is 24.4 Å². The number of aromatic nitrogens is 3. The highest BCUT2D eigenvalue weighted by Gasteiger charge is 2.14. The molecule has 0 saturated carbocycles. The number of halogens is 2. The number of nitrogens with zero attached hydrogens (tertiary/aromatic N) is 3. The van der Waals surface area contributed by atoms with E-state index in [4.69, 9.17) is 23.2 Å². The zero-order valence-electron chi connectivity index (χ0n) is 13.7. The second kappa shape index (κ2) is 8.09. The zero-order chi connectivity index (χ0) is 17.8. The third-order valence-electron chi connectivity index (χ3n) is 3.66. The van der Waals surface area contributed by atoms with Crippen LogP contribution < -0.4 is 0 Å². The molecule has 1 aromatic heterocycles. The van der Waals surface area contributed by atoms with Gasteiger partial charge in [-0.3, -0.25) is 4.57 Å². The van der Waals surface area contributed by atoms with Crippen LogP contribution in [0.25, 0.3) is 11.4 Å². The van der Waals surface area contributed by atoms with Gasteiger partial charge in [0.1, 0.15) is 0 Å². The Morgan fingerprint density at radius 1 is 1.12 bits per heavy atom. The Balaban J connectivity index is 1.86. The van der Waals surface area contributed by atoms with Crippen LogP contribution in [-0.4, -0.2) is 14.8 Å². The van der Waals surface area contributed by atoms with E-state index in [9.17, 15) is 0 Å². The van der Waals surface area contributed by atoms with Crippen LogP contribution in [0, 0.1) is 6.92 Å². The van der Waals surface area contributed by atoms with Gasteiger partial charge in [-0.15, -0.1) is 16.8 Å². The minimum absolute atomic E-state index is 0.562. The van der Waals surface area contributed by atoms with Crippen molar-refractivity contribution in [3.8, 4) is 11.4 Å². The van der Waals surface area contributed by atoms with Crippen LogP contribution in [0.5, 0.6) is 0 Å². The predicted molar refractivity (Wildman–Crippen MR) is 106 cm³/mol. The summed E-state index contributed by atoms with van der Waals surface area (Å²) in [4.78, 5) is 0. The molecule has 25 heavy (non-hydrogen) atoms. The van der Waals surface area contributed by atoms with E-state index in [1.165, 1.54) is 5.56 Å². The first-order valence-electron chi connectivity index (χ1n) is 7.76. The van der Waals surface area contributed by atoms with Crippen molar-refractivity contribution < 1.29 is 0 Å². The van der Waals surface area contributed by atoms with Gasteiger partial charge in [-0.1, -0.05) is 70.9 Å². The third kappa shape index (κ3) is 4.27. The molecule has 0 atom stereocenters. The number of thioether (sulfide) groups is 1. The van der Waals surface area contributed by atoms with Crippen LogP contribution in [0.1, 0.15) is 11.1 Å². The highest BCUT2D eigenvalue weighted by molar-refractivity contribution is 7.98. The first-order valence-corrected chi connectivity index (χ1v) is 9.50. The van der Waals surface area contributed by atoms with Crippen molar-refractivity contribution in [2.75, 3.05) is 0 Å². The lowest BCUT2D eigenvalue weighted by Crippen LogP contribution is -2.00. The minimum atomic E-state index is 0.562. The van der Waals surface area contributed by atoms with Gasteiger partial charge >= 0.3 is 0 Å². The molecule has 3 nitrogen and oxygen atoms in total. The van der Waals surface area contributed by atoms with Gasteiger partial charge in [-0.05, 0) is 30.7 Å². The maximum Gasteiger partial charge on any atom is 0.192 e. The van der Waals surface area contributed by atoms with E-state index in [1.54, 1.807) is 11.8 Å². The first-order chi connectivity index (χ1) is 12.1. The summed E-state index contributed by atoms with van der Waals surface area (Å²) < 4.78 is 2.07. The number of benzene rings is 2. The van der Waals surface area contributed by atoms with E-state index >= 15 is 0 Å². The van der Waals surface area contributed by atoms with Gasteiger partial charge < -0.3 is 0 Å². The fourth-order valence-corrected chi connectivity index (χ4v) is 3.68. The molecule has 0 bridgehead atoms. The molecule has 0 fully saturated rings. The largest absolute Gasteiger partial charge is 0.298 e. The maximum atomic E-state index is 6.09. The molecule has 0 aliphatic rings. The SMILES string of the molecule is C=CCn1c(SCc2ccc(Cl)c(Cl)c2)nnc1-c1cccc(C)c1. The van der Waals surface area contributed by atoms with Crippen molar-refractivity contribution in [3.63, 3.8) is 0 Å². The molecular weight excluding hydrogens is 373 g/mol. The van der Waals surface area contributed by atoms with Gasteiger partial charge in [-0.25, -0.2) is 0 Å². The topological polar surface area (TPSA) is 30.7 Å². The Kier molecular flexibility index (Phi) is 5.84. The van der Waals surface area contributed by atoms with E-state index in [0.717, 1.165) is 27.9 Å². The molecule has 3 aromatic rings. The average molecular weight is 390 g/mol. The van der Waals surface area contributed by atoms with Crippen molar-refractivity contribution in [1.82, 2.24) is 14.8 Å². The van der Waals surface area contributed by atoms with Crippen LogP contribution >= 0.6 is 35.0 Å². The molecule has 0 radical (unpaired) electrons. The number of allylic oxidation sites excluding steroid dienone is 1. The molecule has 6 heteroatoms. The van der Waals surface area contributed by atoms with Gasteiger partial charge in [0.25, 0.3) is 0 Å². The molecule has 0 amide bonds. The fourth-order valence-electron chi connectivity index (χ4n) is 2.46. The van der Waals surface area contributed by atoms with Gasteiger partial charge in [0.15, 0.2) is 11.0 Å². The van der Waals surface area contributed by atoms with E-state index in [2.05, 4.69) is 40.4 Å². The average Bonchev–Trinajstić information content (AvgIpc) is 2.99. The van der Waals surface area contributed by atoms with Crippen LogP contribution in [0.4, 0.5) is 0 Å². The van der Waals surface area contributed by atoms with Crippen LogP contribution in [-0.2, 0) is 12.3 Å². The summed E-state index contributed by atoms with van der Waals surface area (Å²) in [5.41, 5.74) is 3.33. The summed E-state index contributed by atoms with van der Waals surface area (Å²) in [6.45, 7) is 6.57. The molecule has 0 unspecified atom stereocenters. The zero-order valence-corrected chi connectivity index (χ0v) is 16.1. The number of hydrogen-bond donors (Lipinski definition) is 0. The van der Waals surface area contributed by atoms with Gasteiger partial charge in [0, 0.05) is 17.9 Å². The number of aryl methyl sites for hydroxylation is 1. The molecule has 3 rings (SSSR count). The van der Waals surface area contributed by atoms with Crippen molar-refractivity contribution in [2.24, 2.45) is 0 Å². The standard InChI is InChI=1S/C19H17Cl2N3S/c1-3-9-24-18(15-6-4-5-13(2)10-15)22-23-19(24)25-12-14-7-8-16(20)17(21)11-14/h3-8,10-11H,1,9,12H2,2H3.